The molecule has 2 aliphatic rings. The Balaban J connectivity index is 2.04. The zero-order chi connectivity index (χ0) is 13.0. The quantitative estimate of drug-likeness (QED) is 0.734. The van der Waals surface area contributed by atoms with Crippen LogP contribution >= 0.6 is 0 Å². The summed E-state index contributed by atoms with van der Waals surface area (Å²) in [7, 11) is 0. The number of nitrogens with two attached hydrogens (primary N) is 1. The first kappa shape index (κ1) is 14.3. The first-order chi connectivity index (χ1) is 8.70. The molecule has 2 heteroatoms. The van der Waals surface area contributed by atoms with Crippen LogP contribution in [-0.4, -0.2) is 30.1 Å². The molecule has 0 aromatic rings. The third-order valence-corrected chi connectivity index (χ3v) is 5.16. The van der Waals surface area contributed by atoms with Crippen LogP contribution in [0.1, 0.15) is 65.2 Å². The van der Waals surface area contributed by atoms with Gasteiger partial charge in [0, 0.05) is 18.6 Å². The monoisotopic (exact) mass is 252 g/mol. The summed E-state index contributed by atoms with van der Waals surface area (Å²) in [5.41, 5.74) is 6.58. The van der Waals surface area contributed by atoms with Gasteiger partial charge in [0.2, 0.25) is 0 Å². The minimum absolute atomic E-state index is 0.337. The summed E-state index contributed by atoms with van der Waals surface area (Å²) in [6, 6.07) is 0. The highest BCUT2D eigenvalue weighted by Gasteiger charge is 2.38. The van der Waals surface area contributed by atoms with E-state index < -0.39 is 0 Å². The minimum Gasteiger partial charge on any atom is -0.329 e. The topological polar surface area (TPSA) is 29.3 Å². The van der Waals surface area contributed by atoms with Crippen LogP contribution < -0.4 is 5.73 Å². The van der Waals surface area contributed by atoms with Crippen LogP contribution in [0.15, 0.2) is 0 Å². The lowest BCUT2D eigenvalue weighted by Crippen LogP contribution is -2.54. The highest BCUT2D eigenvalue weighted by Crippen LogP contribution is 2.38. The van der Waals surface area contributed by atoms with Crippen LogP contribution in [0, 0.1) is 11.8 Å². The van der Waals surface area contributed by atoms with Crippen molar-refractivity contribution < 1.29 is 0 Å². The molecule has 2 aliphatic carbocycles. The first-order valence-corrected chi connectivity index (χ1v) is 8.15. The van der Waals surface area contributed by atoms with Gasteiger partial charge in [0.05, 0.1) is 0 Å². The van der Waals surface area contributed by atoms with Crippen LogP contribution in [-0.2, 0) is 0 Å². The Bertz CT molecular complexity index is 249. The molecule has 0 aromatic carbocycles. The maximum atomic E-state index is 6.24. The van der Waals surface area contributed by atoms with Crippen molar-refractivity contribution in [2.45, 2.75) is 70.8 Å². The smallest absolute Gasteiger partial charge is 0.0331 e. The predicted molar refractivity (Wildman–Crippen MR) is 78.6 cm³/mol. The standard InChI is InChI=1S/C16H32N2/c1-3-11-18(12-15-6-7-15)16(13-17)9-4-5-14(2)8-10-16/h14-15H,3-13,17H2,1-2H3. The fourth-order valence-corrected chi connectivity index (χ4v) is 3.62. The van der Waals surface area contributed by atoms with Crippen molar-refractivity contribution in [1.82, 2.24) is 4.90 Å². The van der Waals surface area contributed by atoms with Gasteiger partial charge in [0.15, 0.2) is 0 Å². The van der Waals surface area contributed by atoms with Gasteiger partial charge in [0.1, 0.15) is 0 Å². The Labute approximate surface area is 113 Å². The molecule has 2 nitrogen and oxygen atoms in total. The fourth-order valence-electron chi connectivity index (χ4n) is 3.62. The first-order valence-electron chi connectivity index (χ1n) is 8.15. The van der Waals surface area contributed by atoms with E-state index in [1.165, 1.54) is 64.5 Å². The number of hydrogen-bond acceptors (Lipinski definition) is 2. The zero-order valence-electron chi connectivity index (χ0n) is 12.5. The predicted octanol–water partition coefficient (Wildman–Crippen LogP) is 3.41. The summed E-state index contributed by atoms with van der Waals surface area (Å²) in [6.07, 6.45) is 11.0. The Kier molecular flexibility index (Phi) is 5.08. The zero-order valence-corrected chi connectivity index (χ0v) is 12.5. The summed E-state index contributed by atoms with van der Waals surface area (Å²) >= 11 is 0. The molecule has 2 saturated carbocycles. The summed E-state index contributed by atoms with van der Waals surface area (Å²) in [4.78, 5) is 2.78. The molecule has 0 heterocycles. The van der Waals surface area contributed by atoms with Gasteiger partial charge in [-0.25, -0.2) is 0 Å². The van der Waals surface area contributed by atoms with Gasteiger partial charge in [0.25, 0.3) is 0 Å². The molecule has 0 bridgehead atoms. The summed E-state index contributed by atoms with van der Waals surface area (Å²) in [5.74, 6) is 1.89. The second-order valence-electron chi connectivity index (χ2n) is 6.85. The minimum atomic E-state index is 0.337. The third-order valence-electron chi connectivity index (χ3n) is 5.16. The average molecular weight is 252 g/mol. The van der Waals surface area contributed by atoms with E-state index in [0.29, 0.717) is 5.54 Å². The molecular weight excluding hydrogens is 220 g/mol. The van der Waals surface area contributed by atoms with Crippen molar-refractivity contribution in [3.05, 3.63) is 0 Å². The molecule has 0 aliphatic heterocycles. The third kappa shape index (κ3) is 3.48. The number of rotatable bonds is 6. The van der Waals surface area contributed by atoms with E-state index >= 15 is 0 Å². The Morgan fingerprint density at radius 3 is 2.56 bits per heavy atom. The second-order valence-corrected chi connectivity index (χ2v) is 6.85. The van der Waals surface area contributed by atoms with Gasteiger partial charge in [-0.2, -0.15) is 0 Å². The lowest BCUT2D eigenvalue weighted by molar-refractivity contribution is 0.0717. The van der Waals surface area contributed by atoms with Crippen LogP contribution in [0.5, 0.6) is 0 Å². The van der Waals surface area contributed by atoms with Crippen molar-refractivity contribution in [3.8, 4) is 0 Å². The SMILES string of the molecule is CCCN(CC1CC1)C1(CN)CCCC(C)CC1. The number of nitrogens with zero attached hydrogens (tertiary/aromatic N) is 1. The average Bonchev–Trinajstić information content (AvgIpc) is 3.17. The molecule has 2 atom stereocenters. The summed E-state index contributed by atoms with van der Waals surface area (Å²) < 4.78 is 0. The van der Waals surface area contributed by atoms with E-state index in [1.54, 1.807) is 0 Å². The lowest BCUT2D eigenvalue weighted by atomic mass is 9.87. The van der Waals surface area contributed by atoms with Gasteiger partial charge in [-0.15, -0.1) is 0 Å². The molecule has 0 saturated heterocycles. The van der Waals surface area contributed by atoms with Crippen molar-refractivity contribution in [2.75, 3.05) is 19.6 Å². The van der Waals surface area contributed by atoms with Crippen molar-refractivity contribution in [2.24, 2.45) is 17.6 Å². The molecule has 2 unspecified atom stereocenters. The van der Waals surface area contributed by atoms with Crippen LogP contribution in [0.2, 0.25) is 0 Å². The van der Waals surface area contributed by atoms with E-state index in [1.807, 2.05) is 0 Å². The van der Waals surface area contributed by atoms with E-state index in [2.05, 4.69) is 18.7 Å². The lowest BCUT2D eigenvalue weighted by Gasteiger charge is -2.43. The maximum Gasteiger partial charge on any atom is 0.0331 e. The van der Waals surface area contributed by atoms with Crippen LogP contribution in [0.25, 0.3) is 0 Å². The van der Waals surface area contributed by atoms with E-state index in [0.717, 1.165) is 18.4 Å². The van der Waals surface area contributed by atoms with E-state index in [-0.39, 0.29) is 0 Å². The van der Waals surface area contributed by atoms with Gasteiger partial charge in [-0.1, -0.05) is 26.7 Å². The second kappa shape index (κ2) is 6.38. The molecule has 0 aromatic heterocycles. The van der Waals surface area contributed by atoms with Crippen LogP contribution in [0.4, 0.5) is 0 Å². The largest absolute Gasteiger partial charge is 0.329 e. The molecule has 0 spiro atoms. The molecule has 0 amide bonds. The van der Waals surface area contributed by atoms with E-state index in [4.69, 9.17) is 5.73 Å². The molecule has 2 N–H and O–H groups in total. The molecule has 0 radical (unpaired) electrons. The highest BCUT2D eigenvalue weighted by molar-refractivity contribution is 4.95. The Morgan fingerprint density at radius 2 is 1.94 bits per heavy atom. The van der Waals surface area contributed by atoms with Gasteiger partial charge in [-0.3, -0.25) is 4.90 Å². The summed E-state index contributed by atoms with van der Waals surface area (Å²) in [6.45, 7) is 8.16. The number of hydrogen-bond donors (Lipinski definition) is 1. The fraction of sp³-hybridized carbons (Fsp3) is 1.00. The maximum absolute atomic E-state index is 6.24. The molecular formula is C16H32N2. The van der Waals surface area contributed by atoms with Gasteiger partial charge in [-0.05, 0) is 56.9 Å². The molecule has 2 rings (SSSR count). The van der Waals surface area contributed by atoms with Gasteiger partial charge >= 0.3 is 0 Å². The summed E-state index contributed by atoms with van der Waals surface area (Å²) in [5, 5.41) is 0. The van der Waals surface area contributed by atoms with Crippen molar-refractivity contribution in [1.29, 1.82) is 0 Å². The van der Waals surface area contributed by atoms with Gasteiger partial charge < -0.3 is 5.73 Å². The molecule has 106 valence electrons. The Hall–Kier alpha value is -0.0800. The van der Waals surface area contributed by atoms with Crippen molar-refractivity contribution >= 4 is 0 Å². The van der Waals surface area contributed by atoms with Crippen LogP contribution in [0.3, 0.4) is 0 Å². The Morgan fingerprint density at radius 1 is 1.17 bits per heavy atom. The van der Waals surface area contributed by atoms with Crippen molar-refractivity contribution in [3.63, 3.8) is 0 Å². The molecule has 18 heavy (non-hydrogen) atoms. The highest BCUT2D eigenvalue weighted by atomic mass is 15.2. The normalized spacial score (nSPS) is 33.7. The molecule has 2 fully saturated rings. The van der Waals surface area contributed by atoms with E-state index in [9.17, 15) is 0 Å².